The number of carbonyl (C=O) groups is 2. The summed E-state index contributed by atoms with van der Waals surface area (Å²) < 4.78 is 0. The lowest BCUT2D eigenvalue weighted by atomic mass is 9.89. The van der Waals surface area contributed by atoms with E-state index in [1.807, 2.05) is 18.7 Å². The van der Waals surface area contributed by atoms with E-state index in [1.54, 1.807) is 0 Å². The molecule has 0 bridgehead atoms. The maximum atomic E-state index is 11.9. The van der Waals surface area contributed by atoms with Crippen LogP contribution in [-0.4, -0.2) is 35.5 Å². The van der Waals surface area contributed by atoms with Gasteiger partial charge in [-0.2, -0.15) is 0 Å². The lowest BCUT2D eigenvalue weighted by molar-refractivity contribution is -0.135. The minimum Gasteiger partial charge on any atom is -0.483 e. The quantitative estimate of drug-likeness (QED) is 0.852. The summed E-state index contributed by atoms with van der Waals surface area (Å²) in [7, 11) is 0. The zero-order valence-corrected chi connectivity index (χ0v) is 13.1. The molecule has 0 radical (unpaired) electrons. The topological polar surface area (TPSA) is 57.6 Å². The molecule has 0 aliphatic carbocycles. The van der Waals surface area contributed by atoms with Crippen molar-refractivity contribution in [3.8, 4) is 0 Å². The fourth-order valence-corrected chi connectivity index (χ4v) is 2.64. The summed E-state index contributed by atoms with van der Waals surface area (Å²) in [6.07, 6.45) is 2.20. The molecule has 1 amide bonds. The fourth-order valence-electron chi connectivity index (χ4n) is 2.64. The van der Waals surface area contributed by atoms with E-state index in [-0.39, 0.29) is 12.4 Å². The number of hydrogen-bond donors (Lipinski definition) is 1. The lowest BCUT2D eigenvalue weighted by Crippen LogP contribution is -2.40. The van der Waals surface area contributed by atoms with Crippen molar-refractivity contribution in [2.75, 3.05) is 13.1 Å². The van der Waals surface area contributed by atoms with Crippen LogP contribution in [0.15, 0.2) is 24.3 Å². The summed E-state index contributed by atoms with van der Waals surface area (Å²) in [6.45, 7) is 7.65. The van der Waals surface area contributed by atoms with Crippen LogP contribution in [-0.2, 0) is 9.59 Å². The molecule has 1 heterocycles. The first-order chi connectivity index (χ1) is 9.99. The normalized spacial score (nSPS) is 15.3. The second kappa shape index (κ2) is 8.45. The van der Waals surface area contributed by atoms with Gasteiger partial charge in [0.15, 0.2) is 0 Å². The van der Waals surface area contributed by atoms with Crippen molar-refractivity contribution in [1.82, 2.24) is 4.90 Å². The van der Waals surface area contributed by atoms with Gasteiger partial charge in [-0.3, -0.25) is 9.59 Å². The molecule has 1 saturated heterocycles. The van der Waals surface area contributed by atoms with Crippen LogP contribution < -0.4 is 0 Å². The summed E-state index contributed by atoms with van der Waals surface area (Å²) in [6, 6.07) is 8.84. The molecule has 1 N–H and O–H groups in total. The number of rotatable bonds is 2. The first-order valence-electron chi connectivity index (χ1n) is 7.42. The van der Waals surface area contributed by atoms with Gasteiger partial charge in [0.1, 0.15) is 0 Å². The Hall–Kier alpha value is -1.84. The summed E-state index contributed by atoms with van der Waals surface area (Å²) in [4.78, 5) is 22.3. The highest BCUT2D eigenvalue weighted by Gasteiger charge is 2.24. The molecule has 1 fully saturated rings. The van der Waals surface area contributed by atoms with Gasteiger partial charge in [0, 0.05) is 19.0 Å². The van der Waals surface area contributed by atoms with Crippen molar-refractivity contribution < 1.29 is 14.7 Å². The Bertz CT molecular complexity index is 446. The number of likely N-dealkylation sites (tertiary alicyclic amines) is 1. The van der Waals surface area contributed by atoms with E-state index in [2.05, 4.69) is 31.2 Å². The molecule has 2 rings (SSSR count). The van der Waals surface area contributed by atoms with E-state index in [4.69, 9.17) is 9.90 Å². The second-order valence-electron chi connectivity index (χ2n) is 5.77. The van der Waals surface area contributed by atoms with Gasteiger partial charge >= 0.3 is 0 Å². The molecule has 4 nitrogen and oxygen atoms in total. The van der Waals surface area contributed by atoms with E-state index in [1.165, 1.54) is 11.1 Å². The second-order valence-corrected chi connectivity index (χ2v) is 5.77. The van der Waals surface area contributed by atoms with Gasteiger partial charge in [-0.15, -0.1) is 0 Å². The van der Waals surface area contributed by atoms with E-state index in [9.17, 15) is 4.79 Å². The van der Waals surface area contributed by atoms with Crippen molar-refractivity contribution in [2.45, 2.75) is 39.5 Å². The molecule has 1 aromatic rings. The Balaban J connectivity index is 0.000000677. The maximum absolute atomic E-state index is 11.9. The van der Waals surface area contributed by atoms with E-state index in [0.717, 1.165) is 25.9 Å². The van der Waals surface area contributed by atoms with Crippen LogP contribution in [0.3, 0.4) is 0 Å². The molecule has 0 saturated carbocycles. The van der Waals surface area contributed by atoms with Crippen LogP contribution in [0.4, 0.5) is 0 Å². The maximum Gasteiger partial charge on any atom is 0.290 e. The first kappa shape index (κ1) is 17.2. The third-order valence-corrected chi connectivity index (χ3v) is 3.85. The average molecular weight is 291 g/mol. The number of carboxylic acid groups (broad SMARTS) is 1. The number of amides is 1. The standard InChI is InChI=1S/C16H23NO.CH2O2/c1-12(2)16(18)17-10-8-15(9-11-17)14-6-4-13(3)5-7-14;2-1-3/h4-7,12,15H,8-11H2,1-3H3;1H,(H,2,3). The number of nitrogens with zero attached hydrogens (tertiary/aromatic N) is 1. The third kappa shape index (κ3) is 5.21. The molecule has 1 aliphatic rings. The van der Waals surface area contributed by atoms with Gasteiger partial charge in [0.2, 0.25) is 5.91 Å². The summed E-state index contributed by atoms with van der Waals surface area (Å²) in [5, 5.41) is 6.89. The lowest BCUT2D eigenvalue weighted by Gasteiger charge is -2.33. The van der Waals surface area contributed by atoms with Crippen LogP contribution in [0.5, 0.6) is 0 Å². The van der Waals surface area contributed by atoms with Crippen LogP contribution in [0.25, 0.3) is 0 Å². The van der Waals surface area contributed by atoms with E-state index >= 15 is 0 Å². The van der Waals surface area contributed by atoms with Crippen molar-refractivity contribution in [1.29, 1.82) is 0 Å². The molecule has 0 unspecified atom stereocenters. The molecule has 1 aliphatic heterocycles. The summed E-state index contributed by atoms with van der Waals surface area (Å²) in [5.74, 6) is 1.06. The summed E-state index contributed by atoms with van der Waals surface area (Å²) in [5.41, 5.74) is 2.74. The van der Waals surface area contributed by atoms with Crippen LogP contribution >= 0.6 is 0 Å². The molecular formula is C17H25NO3. The minimum absolute atomic E-state index is 0.126. The van der Waals surface area contributed by atoms with Gasteiger partial charge in [-0.1, -0.05) is 43.7 Å². The van der Waals surface area contributed by atoms with Crippen molar-refractivity contribution in [3.05, 3.63) is 35.4 Å². The van der Waals surface area contributed by atoms with E-state index < -0.39 is 0 Å². The Labute approximate surface area is 126 Å². The van der Waals surface area contributed by atoms with Crippen LogP contribution in [0.1, 0.15) is 43.7 Å². The summed E-state index contributed by atoms with van der Waals surface area (Å²) >= 11 is 0. The molecule has 0 aromatic heterocycles. The number of carbonyl (C=O) groups excluding carboxylic acids is 1. The minimum atomic E-state index is -0.250. The highest BCUT2D eigenvalue weighted by Crippen LogP contribution is 2.28. The van der Waals surface area contributed by atoms with E-state index in [0.29, 0.717) is 11.8 Å². The highest BCUT2D eigenvalue weighted by molar-refractivity contribution is 5.78. The highest BCUT2D eigenvalue weighted by atomic mass is 16.3. The van der Waals surface area contributed by atoms with Crippen molar-refractivity contribution in [3.63, 3.8) is 0 Å². The monoisotopic (exact) mass is 291 g/mol. The van der Waals surface area contributed by atoms with Gasteiger partial charge in [0.05, 0.1) is 0 Å². The largest absolute Gasteiger partial charge is 0.483 e. The Morgan fingerprint density at radius 1 is 1.24 bits per heavy atom. The number of piperidine rings is 1. The number of aryl methyl sites for hydroxylation is 1. The SMILES string of the molecule is Cc1ccc(C2CCN(C(=O)C(C)C)CC2)cc1.O=CO. The Morgan fingerprint density at radius 3 is 2.14 bits per heavy atom. The van der Waals surface area contributed by atoms with Gasteiger partial charge < -0.3 is 10.0 Å². The van der Waals surface area contributed by atoms with Crippen LogP contribution in [0.2, 0.25) is 0 Å². The third-order valence-electron chi connectivity index (χ3n) is 3.85. The number of benzene rings is 1. The van der Waals surface area contributed by atoms with Gasteiger partial charge in [0.25, 0.3) is 6.47 Å². The Morgan fingerprint density at radius 2 is 1.71 bits per heavy atom. The fraction of sp³-hybridized carbons (Fsp3) is 0.529. The zero-order chi connectivity index (χ0) is 15.8. The predicted octanol–water partition coefficient (Wildman–Crippen LogP) is 3.06. The van der Waals surface area contributed by atoms with Crippen LogP contribution in [0, 0.1) is 12.8 Å². The van der Waals surface area contributed by atoms with Gasteiger partial charge in [-0.25, -0.2) is 0 Å². The average Bonchev–Trinajstić information content (AvgIpc) is 2.48. The molecular weight excluding hydrogens is 266 g/mol. The Kier molecular flexibility index (Phi) is 6.92. The predicted molar refractivity (Wildman–Crippen MR) is 83.3 cm³/mol. The van der Waals surface area contributed by atoms with Crippen molar-refractivity contribution in [2.24, 2.45) is 5.92 Å². The number of hydrogen-bond acceptors (Lipinski definition) is 2. The zero-order valence-electron chi connectivity index (χ0n) is 13.1. The van der Waals surface area contributed by atoms with Gasteiger partial charge in [-0.05, 0) is 31.2 Å². The molecule has 0 atom stereocenters. The van der Waals surface area contributed by atoms with Crippen molar-refractivity contribution >= 4 is 12.4 Å². The smallest absolute Gasteiger partial charge is 0.290 e. The molecule has 4 heteroatoms. The molecule has 116 valence electrons. The molecule has 21 heavy (non-hydrogen) atoms. The first-order valence-corrected chi connectivity index (χ1v) is 7.42. The molecule has 0 spiro atoms. The molecule has 1 aromatic carbocycles.